The second-order valence-corrected chi connectivity index (χ2v) is 3.03. The van der Waals surface area contributed by atoms with Gasteiger partial charge in [0.1, 0.15) is 5.82 Å². The van der Waals surface area contributed by atoms with Crippen LogP contribution in [0.15, 0.2) is 24.3 Å². The van der Waals surface area contributed by atoms with Gasteiger partial charge in [0.05, 0.1) is 0 Å². The first-order chi connectivity index (χ1) is 5.63. The molecule has 0 saturated carbocycles. The molecule has 0 aliphatic heterocycles. The van der Waals surface area contributed by atoms with Crippen molar-refractivity contribution in [2.24, 2.45) is 0 Å². The van der Waals surface area contributed by atoms with E-state index >= 15 is 0 Å². The quantitative estimate of drug-likeness (QED) is 0.452. The van der Waals surface area contributed by atoms with E-state index in [1.807, 2.05) is 0 Å². The predicted molar refractivity (Wildman–Crippen MR) is 39.2 cm³/mol. The maximum Gasteiger partial charge on any atom is 1.00 e. The van der Waals surface area contributed by atoms with Crippen molar-refractivity contribution in [2.75, 3.05) is 0 Å². The van der Waals surface area contributed by atoms with Gasteiger partial charge in [0, 0.05) is 5.56 Å². The summed E-state index contributed by atoms with van der Waals surface area (Å²) in [5.41, 5.74) is -2.74. The Morgan fingerprint density at radius 2 is 1.92 bits per heavy atom. The first-order valence-electron chi connectivity index (χ1n) is 3.09. The fourth-order valence-corrected chi connectivity index (χ4v) is 1.16. The molecule has 1 aromatic rings. The van der Waals surface area contributed by atoms with E-state index in [2.05, 4.69) is 0 Å². The van der Waals surface area contributed by atoms with Gasteiger partial charge in [-0.15, -0.1) is 0 Å². The summed E-state index contributed by atoms with van der Waals surface area (Å²) in [6.45, 7) is 0. The minimum absolute atomic E-state index is 0. The second kappa shape index (κ2) is 5.82. The Morgan fingerprint density at radius 3 is 2.38 bits per heavy atom. The molecule has 0 amide bonds. The Balaban J connectivity index is 0.00000144. The van der Waals surface area contributed by atoms with Crippen LogP contribution in [0.1, 0.15) is 11.1 Å². The van der Waals surface area contributed by atoms with Crippen LogP contribution >= 0.6 is 0 Å². The van der Waals surface area contributed by atoms with Crippen molar-refractivity contribution in [2.45, 2.75) is 5.50 Å². The molecule has 0 bridgehead atoms. The average molecular weight is 214 g/mol. The van der Waals surface area contributed by atoms with Crippen LogP contribution in [0.25, 0.3) is 0 Å². The molecule has 2 nitrogen and oxygen atoms in total. The third-order valence-electron chi connectivity index (χ3n) is 1.32. The number of rotatable bonds is 2. The Hall–Kier alpha value is 0.190. The van der Waals surface area contributed by atoms with E-state index in [9.17, 15) is 17.5 Å². The van der Waals surface area contributed by atoms with Gasteiger partial charge in [0.2, 0.25) is 0 Å². The van der Waals surface area contributed by atoms with E-state index in [0.717, 1.165) is 12.1 Å². The summed E-state index contributed by atoms with van der Waals surface area (Å²) in [4.78, 5) is 0. The zero-order chi connectivity index (χ0) is 9.14. The number of alkyl halides is 1. The summed E-state index contributed by atoms with van der Waals surface area (Å²) in [5, 5.41) is 0. The molecule has 0 fully saturated rings. The molecule has 0 radical (unpaired) electrons. The number of hydrogen-bond acceptors (Lipinski definition) is 2. The topological polar surface area (TPSA) is 40.1 Å². The van der Waals surface area contributed by atoms with Gasteiger partial charge in [-0.1, -0.05) is 18.2 Å². The molecule has 0 N–H and O–H groups in total. The Kier molecular flexibility index (Phi) is 5.91. The average Bonchev–Trinajstić information content (AvgIpc) is 2.04. The fraction of sp³-hybridized carbons (Fsp3) is 0.143. The molecule has 1 aromatic carbocycles. The van der Waals surface area contributed by atoms with Gasteiger partial charge < -0.3 is 4.55 Å². The molecule has 0 saturated heterocycles. The van der Waals surface area contributed by atoms with Crippen molar-refractivity contribution in [3.8, 4) is 0 Å². The third-order valence-corrected chi connectivity index (χ3v) is 1.91. The summed E-state index contributed by atoms with van der Waals surface area (Å²) in [6.07, 6.45) is 0. The second-order valence-electron chi connectivity index (χ2n) is 2.10. The van der Waals surface area contributed by atoms with Gasteiger partial charge in [0.25, 0.3) is 0 Å². The van der Waals surface area contributed by atoms with E-state index in [1.165, 1.54) is 12.1 Å². The minimum Gasteiger partial charge on any atom is -0.770 e. The molecule has 0 aromatic heterocycles. The molecule has 1 rings (SSSR count). The van der Waals surface area contributed by atoms with Crippen molar-refractivity contribution < 1.29 is 47.1 Å². The monoisotopic (exact) mass is 214 g/mol. The van der Waals surface area contributed by atoms with Gasteiger partial charge in [-0.3, -0.25) is 4.21 Å². The van der Waals surface area contributed by atoms with Gasteiger partial charge in [-0.2, -0.15) is 0 Å². The smallest absolute Gasteiger partial charge is 0.770 e. The number of hydrogen-bond donors (Lipinski definition) is 0. The maximum atomic E-state index is 12.7. The third kappa shape index (κ3) is 3.44. The van der Waals surface area contributed by atoms with Crippen molar-refractivity contribution in [1.82, 2.24) is 0 Å². The molecule has 2 unspecified atom stereocenters. The summed E-state index contributed by atoms with van der Waals surface area (Å²) >= 11 is -2.93. The molecular formula is C7H5F2NaO2S. The van der Waals surface area contributed by atoms with Crippen LogP contribution in [0.4, 0.5) is 8.78 Å². The van der Waals surface area contributed by atoms with E-state index in [0.29, 0.717) is 0 Å². The Morgan fingerprint density at radius 1 is 1.38 bits per heavy atom. The Bertz CT molecular complexity index is 308. The molecule has 0 heterocycles. The van der Waals surface area contributed by atoms with E-state index in [4.69, 9.17) is 0 Å². The van der Waals surface area contributed by atoms with Crippen molar-refractivity contribution in [1.29, 1.82) is 0 Å². The summed E-state index contributed by atoms with van der Waals surface area (Å²) < 4.78 is 45.6. The molecular weight excluding hydrogens is 209 g/mol. The van der Waals surface area contributed by atoms with Crippen molar-refractivity contribution in [3.05, 3.63) is 35.6 Å². The summed E-state index contributed by atoms with van der Waals surface area (Å²) in [7, 11) is 0. The van der Waals surface area contributed by atoms with E-state index < -0.39 is 28.0 Å². The van der Waals surface area contributed by atoms with Gasteiger partial charge in [0.15, 0.2) is 5.50 Å². The van der Waals surface area contributed by atoms with E-state index in [-0.39, 0.29) is 29.6 Å². The Labute approximate surface area is 98.9 Å². The van der Waals surface area contributed by atoms with Crippen LogP contribution in [0.3, 0.4) is 0 Å². The van der Waals surface area contributed by atoms with Crippen LogP contribution in [-0.2, 0) is 11.1 Å². The van der Waals surface area contributed by atoms with Crippen LogP contribution < -0.4 is 29.6 Å². The molecule has 66 valence electrons. The predicted octanol–water partition coefficient (Wildman–Crippen LogP) is -1.32. The zero-order valence-electron chi connectivity index (χ0n) is 6.87. The zero-order valence-corrected chi connectivity index (χ0v) is 9.68. The van der Waals surface area contributed by atoms with Crippen LogP contribution in [0.5, 0.6) is 0 Å². The summed E-state index contributed by atoms with van der Waals surface area (Å²) in [5.74, 6) is -0.853. The minimum atomic E-state index is -2.93. The SMILES string of the molecule is O=S([O-])C(F)c1ccccc1F.[Na+]. The summed E-state index contributed by atoms with van der Waals surface area (Å²) in [6, 6.07) is 4.84. The fourth-order valence-electron chi connectivity index (χ4n) is 0.763. The van der Waals surface area contributed by atoms with Crippen LogP contribution in [0.2, 0.25) is 0 Å². The van der Waals surface area contributed by atoms with Gasteiger partial charge >= 0.3 is 29.6 Å². The van der Waals surface area contributed by atoms with Gasteiger partial charge in [-0.05, 0) is 17.1 Å². The largest absolute Gasteiger partial charge is 1.00 e. The van der Waals surface area contributed by atoms with Crippen LogP contribution in [-0.4, -0.2) is 8.76 Å². The first kappa shape index (κ1) is 13.2. The maximum absolute atomic E-state index is 12.7. The molecule has 0 spiro atoms. The number of halogens is 2. The van der Waals surface area contributed by atoms with Crippen LogP contribution in [0, 0.1) is 5.82 Å². The standard InChI is InChI=1S/C7H6F2O2S.Na/c8-6-4-2-1-3-5(6)7(9)12(10)11;/h1-4,7H,(H,10,11);/q;+1/p-1. The molecule has 13 heavy (non-hydrogen) atoms. The van der Waals surface area contributed by atoms with Crippen molar-refractivity contribution in [3.63, 3.8) is 0 Å². The van der Waals surface area contributed by atoms with Gasteiger partial charge in [-0.25, -0.2) is 8.78 Å². The normalized spacial score (nSPS) is 14.4. The van der Waals surface area contributed by atoms with E-state index in [1.54, 1.807) is 0 Å². The molecule has 2 atom stereocenters. The number of benzene rings is 1. The molecule has 6 heteroatoms. The molecule has 0 aliphatic rings. The molecule has 0 aliphatic carbocycles. The van der Waals surface area contributed by atoms with Crippen molar-refractivity contribution >= 4 is 11.1 Å². The first-order valence-corrected chi connectivity index (χ1v) is 4.23.